The molecule has 0 spiro atoms. The summed E-state index contributed by atoms with van der Waals surface area (Å²) in [4.78, 5) is 41.7. The van der Waals surface area contributed by atoms with Gasteiger partial charge in [0, 0.05) is 0 Å². The third kappa shape index (κ3) is 3.34. The van der Waals surface area contributed by atoms with Gasteiger partial charge >= 0.3 is 22.8 Å². The van der Waals surface area contributed by atoms with Crippen molar-refractivity contribution in [1.82, 2.24) is 4.57 Å². The van der Waals surface area contributed by atoms with E-state index in [4.69, 9.17) is 0 Å². The third-order valence-electron chi connectivity index (χ3n) is 2.05. The maximum atomic E-state index is 11.4. The van der Waals surface area contributed by atoms with Crippen LogP contribution in [-0.4, -0.2) is 27.0 Å². The van der Waals surface area contributed by atoms with Crippen LogP contribution in [-0.2, 0) is 16.1 Å². The van der Waals surface area contributed by atoms with Crippen molar-refractivity contribution < 1.29 is 19.4 Å². The second-order valence-corrected chi connectivity index (χ2v) is 3.35. The first kappa shape index (κ1) is 14.3. The number of hydrogen-bond donors (Lipinski definition) is 0. The Balaban J connectivity index is 3.27. The Hall–Kier alpha value is -2.78. The standard InChI is InChI=1S/C9H9N3O7/c1-2-19-8(13)5-10-3-6(11(15)16)9(14)7(4-10)12(17)18/h3-4H,2,5H2,1H3. The minimum atomic E-state index is -1.31. The molecule has 102 valence electrons. The molecule has 0 saturated carbocycles. The van der Waals surface area contributed by atoms with E-state index in [1.165, 1.54) is 0 Å². The van der Waals surface area contributed by atoms with E-state index >= 15 is 0 Å². The molecule has 10 heteroatoms. The molecule has 0 atom stereocenters. The fraction of sp³-hybridized carbons (Fsp3) is 0.333. The van der Waals surface area contributed by atoms with E-state index in [2.05, 4.69) is 4.74 Å². The van der Waals surface area contributed by atoms with Gasteiger partial charge in [0.2, 0.25) is 0 Å². The lowest BCUT2D eigenvalue weighted by molar-refractivity contribution is -0.397. The average molecular weight is 271 g/mol. The average Bonchev–Trinajstić information content (AvgIpc) is 2.30. The van der Waals surface area contributed by atoms with Crippen LogP contribution in [0.1, 0.15) is 6.92 Å². The molecule has 0 aromatic carbocycles. The molecule has 0 N–H and O–H groups in total. The van der Waals surface area contributed by atoms with Crippen LogP contribution in [0.15, 0.2) is 17.2 Å². The second-order valence-electron chi connectivity index (χ2n) is 3.35. The number of hydrogen-bond acceptors (Lipinski definition) is 7. The molecule has 0 saturated heterocycles. The lowest BCUT2D eigenvalue weighted by Gasteiger charge is -2.05. The van der Waals surface area contributed by atoms with Crippen LogP contribution in [0.5, 0.6) is 0 Å². The summed E-state index contributed by atoms with van der Waals surface area (Å²) >= 11 is 0. The lowest BCUT2D eigenvalue weighted by atomic mass is 10.3. The van der Waals surface area contributed by atoms with Crippen molar-refractivity contribution in [3.05, 3.63) is 42.8 Å². The van der Waals surface area contributed by atoms with Gasteiger partial charge in [0.25, 0.3) is 0 Å². The molecular formula is C9H9N3O7. The molecule has 1 heterocycles. The normalized spacial score (nSPS) is 9.95. The summed E-state index contributed by atoms with van der Waals surface area (Å²) in [6.07, 6.45) is 1.51. The second kappa shape index (κ2) is 5.71. The van der Waals surface area contributed by atoms with Gasteiger partial charge in [0.15, 0.2) is 0 Å². The van der Waals surface area contributed by atoms with Gasteiger partial charge in [-0.2, -0.15) is 0 Å². The summed E-state index contributed by atoms with van der Waals surface area (Å²) in [5, 5.41) is 21.2. The highest BCUT2D eigenvalue weighted by Gasteiger charge is 2.24. The molecule has 0 bridgehead atoms. The predicted molar refractivity (Wildman–Crippen MR) is 60.6 cm³/mol. The highest BCUT2D eigenvalue weighted by atomic mass is 16.6. The summed E-state index contributed by atoms with van der Waals surface area (Å²) in [6.45, 7) is 1.20. The van der Waals surface area contributed by atoms with Crippen LogP contribution in [0, 0.1) is 20.2 Å². The highest BCUT2D eigenvalue weighted by Crippen LogP contribution is 2.11. The SMILES string of the molecule is CCOC(=O)Cn1cc([N+](=O)[O-])c(=O)c([N+](=O)[O-])c1. The molecule has 10 nitrogen and oxygen atoms in total. The van der Waals surface area contributed by atoms with E-state index < -0.39 is 39.2 Å². The molecule has 0 radical (unpaired) electrons. The predicted octanol–water partition coefficient (Wildman–Crippen LogP) is 0.228. The Labute approximate surface area is 105 Å². The summed E-state index contributed by atoms with van der Waals surface area (Å²) in [6, 6.07) is 0. The maximum absolute atomic E-state index is 11.4. The van der Waals surface area contributed by atoms with Crippen LogP contribution in [0.3, 0.4) is 0 Å². The van der Waals surface area contributed by atoms with Crippen molar-refractivity contribution in [2.75, 3.05) is 6.61 Å². The van der Waals surface area contributed by atoms with E-state index in [1.807, 2.05) is 0 Å². The van der Waals surface area contributed by atoms with Gasteiger partial charge in [-0.1, -0.05) is 0 Å². The number of carbonyl (C=O) groups excluding carboxylic acids is 1. The number of pyridine rings is 1. The zero-order chi connectivity index (χ0) is 14.6. The van der Waals surface area contributed by atoms with Gasteiger partial charge in [0.05, 0.1) is 28.8 Å². The smallest absolute Gasteiger partial charge is 0.339 e. The maximum Gasteiger partial charge on any atom is 0.339 e. The van der Waals surface area contributed by atoms with Gasteiger partial charge in [-0.25, -0.2) is 0 Å². The Morgan fingerprint density at radius 1 is 1.26 bits per heavy atom. The number of esters is 1. The van der Waals surface area contributed by atoms with Crippen molar-refractivity contribution in [2.45, 2.75) is 13.5 Å². The fourth-order valence-corrected chi connectivity index (χ4v) is 1.31. The first-order valence-corrected chi connectivity index (χ1v) is 5.05. The number of ether oxygens (including phenoxy) is 1. The minimum Gasteiger partial charge on any atom is -0.465 e. The van der Waals surface area contributed by atoms with Crippen molar-refractivity contribution in [3.8, 4) is 0 Å². The molecule has 0 amide bonds. The minimum absolute atomic E-state index is 0.100. The third-order valence-corrected chi connectivity index (χ3v) is 2.05. The summed E-state index contributed by atoms with van der Waals surface area (Å²) in [5.41, 5.74) is -3.26. The van der Waals surface area contributed by atoms with Crippen LogP contribution in [0.25, 0.3) is 0 Å². The molecule has 0 aliphatic heterocycles. The van der Waals surface area contributed by atoms with Gasteiger partial charge in [-0.15, -0.1) is 0 Å². The summed E-state index contributed by atoms with van der Waals surface area (Å²) in [5.74, 6) is -0.727. The van der Waals surface area contributed by atoms with Gasteiger partial charge in [-0.05, 0) is 6.92 Å². The molecule has 0 fully saturated rings. The van der Waals surface area contributed by atoms with Crippen LogP contribution >= 0.6 is 0 Å². The quantitative estimate of drug-likeness (QED) is 0.424. The zero-order valence-corrected chi connectivity index (χ0v) is 9.77. The number of nitrogens with zero attached hydrogens (tertiary/aromatic N) is 3. The van der Waals surface area contributed by atoms with Crippen molar-refractivity contribution in [3.63, 3.8) is 0 Å². The van der Waals surface area contributed by atoms with Crippen molar-refractivity contribution >= 4 is 17.3 Å². The monoisotopic (exact) mass is 271 g/mol. The first-order chi connectivity index (χ1) is 8.86. The molecule has 0 aliphatic rings. The fourth-order valence-electron chi connectivity index (χ4n) is 1.31. The van der Waals surface area contributed by atoms with E-state index in [1.54, 1.807) is 6.92 Å². The van der Waals surface area contributed by atoms with Crippen LogP contribution < -0.4 is 5.43 Å². The topological polar surface area (TPSA) is 135 Å². The van der Waals surface area contributed by atoms with Crippen molar-refractivity contribution in [2.24, 2.45) is 0 Å². The molecule has 1 aromatic rings. The Bertz CT molecular complexity index is 554. The molecule has 1 aromatic heterocycles. The van der Waals surface area contributed by atoms with Crippen LogP contribution in [0.2, 0.25) is 0 Å². The molecular weight excluding hydrogens is 262 g/mol. The van der Waals surface area contributed by atoms with E-state index in [0.29, 0.717) is 0 Å². The Morgan fingerprint density at radius 3 is 2.11 bits per heavy atom. The molecule has 0 aliphatic carbocycles. The highest BCUT2D eigenvalue weighted by molar-refractivity contribution is 5.69. The Kier molecular flexibility index (Phi) is 4.29. The van der Waals surface area contributed by atoms with Gasteiger partial charge in [0.1, 0.15) is 6.54 Å². The van der Waals surface area contributed by atoms with Crippen molar-refractivity contribution in [1.29, 1.82) is 0 Å². The van der Waals surface area contributed by atoms with Gasteiger partial charge < -0.3 is 9.30 Å². The Morgan fingerprint density at radius 2 is 1.74 bits per heavy atom. The van der Waals surface area contributed by atoms with E-state index in [0.717, 1.165) is 17.0 Å². The van der Waals surface area contributed by atoms with E-state index in [-0.39, 0.29) is 6.61 Å². The number of nitro groups is 2. The lowest BCUT2D eigenvalue weighted by Crippen LogP contribution is -2.19. The zero-order valence-electron chi connectivity index (χ0n) is 9.77. The number of carbonyl (C=O) groups is 1. The molecule has 1 rings (SSSR count). The van der Waals surface area contributed by atoms with E-state index in [9.17, 15) is 29.8 Å². The number of rotatable bonds is 5. The summed E-state index contributed by atoms with van der Waals surface area (Å²) in [7, 11) is 0. The molecule has 0 unspecified atom stereocenters. The molecule has 19 heavy (non-hydrogen) atoms. The first-order valence-electron chi connectivity index (χ1n) is 5.05. The van der Waals surface area contributed by atoms with Crippen LogP contribution in [0.4, 0.5) is 11.4 Å². The summed E-state index contributed by atoms with van der Waals surface area (Å²) < 4.78 is 5.47. The van der Waals surface area contributed by atoms with Gasteiger partial charge in [-0.3, -0.25) is 29.8 Å². The largest absolute Gasteiger partial charge is 0.465 e. The number of aromatic nitrogens is 1.